The zero-order valence-electron chi connectivity index (χ0n) is 15.7. The van der Waals surface area contributed by atoms with E-state index >= 15 is 0 Å². The van der Waals surface area contributed by atoms with Gasteiger partial charge in [0.1, 0.15) is 12.3 Å². The highest BCUT2D eigenvalue weighted by atomic mass is 32.2. The minimum absolute atomic E-state index is 0.0550. The second kappa shape index (κ2) is 9.07. The summed E-state index contributed by atoms with van der Waals surface area (Å²) >= 11 is 3.20. The standard InChI is InChI=1S/C22H18N2O3S2/c1-15-23-18(13-28-15)14-29-21-10-6-5-9-19(21)22(25)26-12-17-11-20(27-24-17)16-7-3-2-4-8-16/h2-11,13H,12,14H2,1H3. The summed E-state index contributed by atoms with van der Waals surface area (Å²) in [6.45, 7) is 2.04. The maximum absolute atomic E-state index is 12.6. The first-order valence-electron chi connectivity index (χ1n) is 9.00. The molecule has 7 heteroatoms. The van der Waals surface area contributed by atoms with Crippen molar-refractivity contribution in [1.82, 2.24) is 10.1 Å². The summed E-state index contributed by atoms with van der Waals surface area (Å²) in [6.07, 6.45) is 0. The largest absolute Gasteiger partial charge is 0.455 e. The molecule has 0 radical (unpaired) electrons. The maximum Gasteiger partial charge on any atom is 0.339 e. The number of hydrogen-bond donors (Lipinski definition) is 0. The molecule has 29 heavy (non-hydrogen) atoms. The summed E-state index contributed by atoms with van der Waals surface area (Å²) < 4.78 is 10.8. The van der Waals surface area contributed by atoms with Crippen molar-refractivity contribution < 1.29 is 14.1 Å². The topological polar surface area (TPSA) is 65.2 Å². The second-order valence-corrected chi connectivity index (χ2v) is 8.35. The van der Waals surface area contributed by atoms with Gasteiger partial charge in [-0.1, -0.05) is 47.6 Å². The number of carbonyl (C=O) groups is 1. The number of carbonyl (C=O) groups excluding carboxylic acids is 1. The zero-order chi connectivity index (χ0) is 20.1. The lowest BCUT2D eigenvalue weighted by Gasteiger charge is -2.08. The van der Waals surface area contributed by atoms with Crippen molar-refractivity contribution >= 4 is 29.1 Å². The molecule has 0 aliphatic rings. The van der Waals surface area contributed by atoms with Crippen LogP contribution in [0.5, 0.6) is 0 Å². The number of esters is 1. The second-order valence-electron chi connectivity index (χ2n) is 6.27. The van der Waals surface area contributed by atoms with Gasteiger partial charge in [-0.25, -0.2) is 9.78 Å². The van der Waals surface area contributed by atoms with Gasteiger partial charge in [0.15, 0.2) is 5.76 Å². The summed E-state index contributed by atoms with van der Waals surface area (Å²) in [5.74, 6) is 0.969. The van der Waals surface area contributed by atoms with E-state index in [9.17, 15) is 4.79 Å². The van der Waals surface area contributed by atoms with Crippen molar-refractivity contribution in [2.45, 2.75) is 24.2 Å². The van der Waals surface area contributed by atoms with E-state index in [1.54, 1.807) is 35.2 Å². The van der Waals surface area contributed by atoms with Gasteiger partial charge < -0.3 is 9.26 Å². The molecule has 4 aromatic rings. The Bertz CT molecular complexity index is 1110. The molecule has 0 fully saturated rings. The summed E-state index contributed by atoms with van der Waals surface area (Å²) in [4.78, 5) is 18.0. The molecular formula is C22H18N2O3S2. The van der Waals surface area contributed by atoms with E-state index < -0.39 is 0 Å². The minimum atomic E-state index is -0.383. The lowest BCUT2D eigenvalue weighted by Crippen LogP contribution is -2.06. The van der Waals surface area contributed by atoms with Gasteiger partial charge in [0.05, 0.1) is 16.3 Å². The normalized spacial score (nSPS) is 10.8. The van der Waals surface area contributed by atoms with Crippen molar-refractivity contribution in [1.29, 1.82) is 0 Å². The van der Waals surface area contributed by atoms with Crippen LogP contribution in [0.1, 0.15) is 26.8 Å². The Balaban J connectivity index is 1.39. The lowest BCUT2D eigenvalue weighted by molar-refractivity contribution is 0.0460. The molecule has 5 nitrogen and oxygen atoms in total. The molecule has 0 N–H and O–H groups in total. The third-order valence-electron chi connectivity index (χ3n) is 4.12. The van der Waals surface area contributed by atoms with E-state index in [-0.39, 0.29) is 12.6 Å². The van der Waals surface area contributed by atoms with Crippen LogP contribution in [0.2, 0.25) is 0 Å². The van der Waals surface area contributed by atoms with Gasteiger partial charge in [-0.2, -0.15) is 0 Å². The summed E-state index contributed by atoms with van der Waals surface area (Å²) in [6, 6.07) is 18.9. The summed E-state index contributed by atoms with van der Waals surface area (Å²) in [5, 5.41) is 7.07. The highest BCUT2D eigenvalue weighted by molar-refractivity contribution is 7.98. The molecule has 0 bridgehead atoms. The van der Waals surface area contributed by atoms with E-state index in [0.717, 1.165) is 21.2 Å². The van der Waals surface area contributed by atoms with Crippen LogP contribution in [0, 0.1) is 6.92 Å². The fourth-order valence-corrected chi connectivity index (χ4v) is 4.37. The van der Waals surface area contributed by atoms with Gasteiger partial charge >= 0.3 is 5.97 Å². The molecule has 0 saturated carbocycles. The van der Waals surface area contributed by atoms with Gasteiger partial charge in [0.25, 0.3) is 0 Å². The molecule has 0 amide bonds. The minimum Gasteiger partial charge on any atom is -0.455 e. The fourth-order valence-electron chi connectivity index (χ4n) is 2.72. The maximum atomic E-state index is 12.6. The van der Waals surface area contributed by atoms with Crippen LogP contribution < -0.4 is 0 Å². The summed E-state index contributed by atoms with van der Waals surface area (Å²) in [7, 11) is 0. The van der Waals surface area contributed by atoms with Crippen LogP contribution in [0.4, 0.5) is 0 Å². The van der Waals surface area contributed by atoms with E-state index in [0.29, 0.717) is 22.8 Å². The smallest absolute Gasteiger partial charge is 0.339 e. The number of hydrogen-bond acceptors (Lipinski definition) is 7. The Labute approximate surface area is 176 Å². The zero-order valence-corrected chi connectivity index (χ0v) is 17.3. The molecule has 0 unspecified atom stereocenters. The van der Waals surface area contributed by atoms with E-state index in [2.05, 4.69) is 10.1 Å². The number of thiazole rings is 1. The highest BCUT2D eigenvalue weighted by Crippen LogP contribution is 2.28. The van der Waals surface area contributed by atoms with E-state index in [1.165, 1.54) is 0 Å². The first-order valence-corrected chi connectivity index (χ1v) is 10.9. The van der Waals surface area contributed by atoms with Gasteiger partial charge in [0, 0.05) is 27.7 Å². The molecule has 0 spiro atoms. The van der Waals surface area contributed by atoms with Crippen LogP contribution in [-0.4, -0.2) is 16.1 Å². The third-order valence-corrected chi connectivity index (χ3v) is 6.05. The Morgan fingerprint density at radius 3 is 2.69 bits per heavy atom. The van der Waals surface area contributed by atoms with Gasteiger partial charge in [-0.15, -0.1) is 23.1 Å². The molecule has 146 valence electrons. The number of aryl methyl sites for hydroxylation is 1. The highest BCUT2D eigenvalue weighted by Gasteiger charge is 2.15. The van der Waals surface area contributed by atoms with Crippen LogP contribution in [-0.2, 0) is 17.1 Å². The first kappa shape index (κ1) is 19.4. The van der Waals surface area contributed by atoms with Crippen molar-refractivity contribution in [3.63, 3.8) is 0 Å². The predicted molar refractivity (Wildman–Crippen MR) is 114 cm³/mol. The quantitative estimate of drug-likeness (QED) is 0.279. The molecule has 0 atom stereocenters. The molecule has 0 aliphatic heterocycles. The number of aromatic nitrogens is 2. The third kappa shape index (κ3) is 4.93. The van der Waals surface area contributed by atoms with Crippen molar-refractivity contribution in [3.05, 3.63) is 88.0 Å². The molecule has 2 heterocycles. The lowest BCUT2D eigenvalue weighted by atomic mass is 10.2. The molecule has 0 aliphatic carbocycles. The Morgan fingerprint density at radius 1 is 1.10 bits per heavy atom. The van der Waals surface area contributed by atoms with Crippen molar-refractivity contribution in [2.75, 3.05) is 0 Å². The predicted octanol–water partition coefficient (Wildman–Crippen LogP) is 5.76. The average molecular weight is 423 g/mol. The number of benzene rings is 2. The average Bonchev–Trinajstić information content (AvgIpc) is 3.40. The van der Waals surface area contributed by atoms with Crippen LogP contribution >= 0.6 is 23.1 Å². The molecule has 2 aromatic heterocycles. The summed E-state index contributed by atoms with van der Waals surface area (Å²) in [5.41, 5.74) is 3.05. The van der Waals surface area contributed by atoms with Crippen molar-refractivity contribution in [2.24, 2.45) is 0 Å². The van der Waals surface area contributed by atoms with Crippen LogP contribution in [0.15, 0.2) is 75.5 Å². The molecular weight excluding hydrogens is 404 g/mol. The van der Waals surface area contributed by atoms with Crippen LogP contribution in [0.25, 0.3) is 11.3 Å². The monoisotopic (exact) mass is 422 g/mol. The number of thioether (sulfide) groups is 1. The molecule has 2 aromatic carbocycles. The number of ether oxygens (including phenoxy) is 1. The fraction of sp³-hybridized carbons (Fsp3) is 0.136. The Hall–Kier alpha value is -2.90. The number of rotatable bonds is 7. The van der Waals surface area contributed by atoms with Crippen LogP contribution in [0.3, 0.4) is 0 Å². The van der Waals surface area contributed by atoms with Gasteiger partial charge in [0.2, 0.25) is 0 Å². The SMILES string of the molecule is Cc1nc(CSc2ccccc2C(=O)OCc2cc(-c3ccccc3)on2)cs1. The first-order chi connectivity index (χ1) is 14.2. The van der Waals surface area contributed by atoms with Crippen molar-refractivity contribution in [3.8, 4) is 11.3 Å². The van der Waals surface area contributed by atoms with Gasteiger partial charge in [-0.05, 0) is 19.1 Å². The van der Waals surface area contributed by atoms with Gasteiger partial charge in [-0.3, -0.25) is 0 Å². The van der Waals surface area contributed by atoms with E-state index in [1.807, 2.05) is 60.8 Å². The Morgan fingerprint density at radius 2 is 1.90 bits per heavy atom. The Kier molecular flexibility index (Phi) is 6.07. The number of nitrogens with zero attached hydrogens (tertiary/aromatic N) is 2. The molecule has 4 rings (SSSR count). The van der Waals surface area contributed by atoms with E-state index in [4.69, 9.17) is 9.26 Å². The molecule has 0 saturated heterocycles.